The summed E-state index contributed by atoms with van der Waals surface area (Å²) in [6, 6.07) is 20.7. The average molecular weight is 594 g/mol. The number of nitrogens with two attached hydrogens (primary N) is 1. The normalized spacial score (nSPS) is 16.3. The first-order chi connectivity index (χ1) is 21.4. The number of aliphatic hydroxyl groups is 1. The number of benzene rings is 2. The molecule has 0 spiro atoms. The molecular formula is C31H31N9O4. The van der Waals surface area contributed by atoms with Crippen molar-refractivity contribution in [3.8, 4) is 11.6 Å². The van der Waals surface area contributed by atoms with Gasteiger partial charge in [-0.25, -0.2) is 14.5 Å². The lowest BCUT2D eigenvalue weighted by atomic mass is 9.89. The van der Waals surface area contributed by atoms with Gasteiger partial charge in [0.15, 0.2) is 17.1 Å². The lowest BCUT2D eigenvalue weighted by Gasteiger charge is -2.45. The van der Waals surface area contributed by atoms with Crippen LogP contribution in [0.5, 0.6) is 0 Å². The Morgan fingerprint density at radius 2 is 1.82 bits per heavy atom. The van der Waals surface area contributed by atoms with E-state index in [4.69, 9.17) is 25.0 Å². The van der Waals surface area contributed by atoms with Crippen molar-refractivity contribution in [3.05, 3.63) is 90.3 Å². The first-order valence-electron chi connectivity index (χ1n) is 14.2. The fourth-order valence-corrected chi connectivity index (χ4v) is 5.94. The van der Waals surface area contributed by atoms with Gasteiger partial charge in [-0.15, -0.1) is 5.10 Å². The summed E-state index contributed by atoms with van der Waals surface area (Å²) < 4.78 is 13.6. The number of fused-ring (bicyclic) bond motifs is 3. The molecule has 1 aliphatic heterocycles. The molecule has 13 heteroatoms. The lowest BCUT2D eigenvalue weighted by molar-refractivity contribution is -0.0669. The van der Waals surface area contributed by atoms with Gasteiger partial charge in [0.2, 0.25) is 11.8 Å². The summed E-state index contributed by atoms with van der Waals surface area (Å²) in [5, 5.41) is 22.1. The largest absolute Gasteiger partial charge is 0.465 e. The second kappa shape index (κ2) is 10.8. The number of hydrogen-bond donors (Lipinski definition) is 2. The zero-order valence-electron chi connectivity index (χ0n) is 24.2. The van der Waals surface area contributed by atoms with Gasteiger partial charge in [-0.2, -0.15) is 14.6 Å². The maximum atomic E-state index is 12.2. The molecule has 2 aromatic carbocycles. The Labute approximate surface area is 252 Å². The third kappa shape index (κ3) is 4.44. The summed E-state index contributed by atoms with van der Waals surface area (Å²) in [5.74, 6) is 0.645. The monoisotopic (exact) mass is 593 g/mol. The molecule has 1 saturated heterocycles. The zero-order valence-corrected chi connectivity index (χ0v) is 24.2. The van der Waals surface area contributed by atoms with Gasteiger partial charge in [-0.1, -0.05) is 36.4 Å². The standard InChI is InChI=1S/C31H31N9O4/c1-31(21-9-4-3-5-10-21,29(42)38-15-13-37(14-16-38)22-11-6-8-20(18-22)28(41)43-2)40-27-23(19-33-40)26-34-25(24-12-7-17-44-24)36-39(26)30(32)35-27/h3-12,17-19,29,42H,13-16H2,1-2H3,(H2,32,35). The lowest BCUT2D eigenvalue weighted by Crippen LogP contribution is -2.59. The molecule has 2 atom stereocenters. The fourth-order valence-electron chi connectivity index (χ4n) is 5.94. The minimum Gasteiger partial charge on any atom is -0.465 e. The number of rotatable bonds is 7. The van der Waals surface area contributed by atoms with Crippen LogP contribution < -0.4 is 10.6 Å². The SMILES string of the molecule is COC(=O)c1cccc(N2CCN(C(O)C(C)(c3ccccc3)n3ncc4c3nc(N)n3nc(-c5ccco5)nc43)CC2)c1. The molecule has 0 bridgehead atoms. The molecule has 6 aromatic rings. The minimum atomic E-state index is -1.06. The van der Waals surface area contributed by atoms with Crippen LogP contribution in [0.15, 0.2) is 83.6 Å². The van der Waals surface area contributed by atoms with Gasteiger partial charge in [0.05, 0.1) is 30.5 Å². The summed E-state index contributed by atoms with van der Waals surface area (Å²) in [6.45, 7) is 4.39. The number of methoxy groups -OCH3 is 1. The van der Waals surface area contributed by atoms with Crippen LogP contribution in [-0.4, -0.2) is 84.9 Å². The highest BCUT2D eigenvalue weighted by Gasteiger charge is 2.43. The van der Waals surface area contributed by atoms with Gasteiger partial charge in [0.1, 0.15) is 11.8 Å². The third-order valence-corrected chi connectivity index (χ3v) is 8.36. The summed E-state index contributed by atoms with van der Waals surface area (Å²) in [7, 11) is 1.37. The van der Waals surface area contributed by atoms with E-state index in [1.54, 1.807) is 35.3 Å². The number of ether oxygens (including phenoxy) is 1. The van der Waals surface area contributed by atoms with E-state index in [2.05, 4.69) is 15.0 Å². The molecule has 2 unspecified atom stereocenters. The number of hydrogen-bond acceptors (Lipinski definition) is 11. The predicted octanol–water partition coefficient (Wildman–Crippen LogP) is 3.01. The van der Waals surface area contributed by atoms with Crippen molar-refractivity contribution in [1.29, 1.82) is 0 Å². The van der Waals surface area contributed by atoms with Crippen molar-refractivity contribution in [2.24, 2.45) is 0 Å². The number of aliphatic hydroxyl groups excluding tert-OH is 1. The highest BCUT2D eigenvalue weighted by molar-refractivity contribution is 5.91. The summed E-state index contributed by atoms with van der Waals surface area (Å²) >= 11 is 0. The van der Waals surface area contributed by atoms with Crippen molar-refractivity contribution < 1.29 is 19.1 Å². The number of anilines is 2. The maximum absolute atomic E-state index is 12.2. The first-order valence-corrected chi connectivity index (χ1v) is 14.2. The van der Waals surface area contributed by atoms with Crippen LogP contribution in [-0.2, 0) is 10.3 Å². The Balaban J connectivity index is 1.24. The molecule has 3 N–H and O–H groups in total. The van der Waals surface area contributed by atoms with Crippen molar-refractivity contribution >= 4 is 34.3 Å². The molecule has 0 saturated carbocycles. The van der Waals surface area contributed by atoms with E-state index in [9.17, 15) is 9.90 Å². The third-order valence-electron chi connectivity index (χ3n) is 8.36. The average Bonchev–Trinajstić information content (AvgIpc) is 3.85. The van der Waals surface area contributed by atoms with Gasteiger partial charge in [0, 0.05) is 31.9 Å². The molecule has 0 aliphatic carbocycles. The van der Waals surface area contributed by atoms with E-state index in [-0.39, 0.29) is 11.9 Å². The van der Waals surface area contributed by atoms with Crippen LogP contribution in [0.1, 0.15) is 22.8 Å². The van der Waals surface area contributed by atoms with Crippen LogP contribution in [0.4, 0.5) is 11.6 Å². The molecule has 13 nitrogen and oxygen atoms in total. The van der Waals surface area contributed by atoms with Crippen LogP contribution >= 0.6 is 0 Å². The van der Waals surface area contributed by atoms with E-state index >= 15 is 0 Å². The molecule has 4 aromatic heterocycles. The van der Waals surface area contributed by atoms with Crippen LogP contribution in [0.2, 0.25) is 0 Å². The van der Waals surface area contributed by atoms with Gasteiger partial charge < -0.3 is 24.9 Å². The highest BCUT2D eigenvalue weighted by atomic mass is 16.5. The zero-order chi connectivity index (χ0) is 30.4. The summed E-state index contributed by atoms with van der Waals surface area (Å²) in [4.78, 5) is 25.7. The Morgan fingerprint density at radius 1 is 1.02 bits per heavy atom. The van der Waals surface area contributed by atoms with Crippen molar-refractivity contribution in [2.75, 3.05) is 43.9 Å². The number of furan rings is 1. The van der Waals surface area contributed by atoms with Crippen molar-refractivity contribution in [1.82, 2.24) is 34.3 Å². The summed E-state index contributed by atoms with van der Waals surface area (Å²) in [5.41, 5.74) is 8.57. The van der Waals surface area contributed by atoms with Gasteiger partial charge in [-0.3, -0.25) is 4.90 Å². The minimum absolute atomic E-state index is 0.132. The van der Waals surface area contributed by atoms with E-state index in [0.29, 0.717) is 60.0 Å². The molecule has 0 radical (unpaired) electrons. The Morgan fingerprint density at radius 3 is 2.55 bits per heavy atom. The number of nitrogen functional groups attached to an aromatic ring is 1. The van der Waals surface area contributed by atoms with Gasteiger partial charge in [0.25, 0.3) is 0 Å². The number of esters is 1. The Hall–Kier alpha value is -5.27. The Bertz CT molecular complexity index is 1950. The second-order valence-corrected chi connectivity index (χ2v) is 10.9. The first kappa shape index (κ1) is 27.6. The molecule has 1 fully saturated rings. The number of nitrogens with zero attached hydrogens (tertiary/aromatic N) is 8. The fraction of sp³-hybridized carbons (Fsp3) is 0.258. The molecule has 5 heterocycles. The van der Waals surface area contributed by atoms with Gasteiger partial charge in [-0.05, 0) is 42.8 Å². The quantitative estimate of drug-likeness (QED) is 0.263. The van der Waals surface area contributed by atoms with E-state index in [1.165, 1.54) is 11.6 Å². The van der Waals surface area contributed by atoms with E-state index in [1.807, 2.05) is 60.4 Å². The number of carbonyl (C=O) groups is 1. The number of piperazine rings is 1. The molecule has 224 valence electrons. The van der Waals surface area contributed by atoms with Crippen LogP contribution in [0.25, 0.3) is 28.3 Å². The summed E-state index contributed by atoms with van der Waals surface area (Å²) in [6.07, 6.45) is 2.26. The van der Waals surface area contributed by atoms with Crippen molar-refractivity contribution in [2.45, 2.75) is 18.7 Å². The molecule has 1 aliphatic rings. The topological polar surface area (TPSA) is 153 Å². The molecule has 44 heavy (non-hydrogen) atoms. The number of aromatic nitrogens is 6. The smallest absolute Gasteiger partial charge is 0.337 e. The number of carbonyl (C=O) groups excluding carboxylic acids is 1. The van der Waals surface area contributed by atoms with Crippen molar-refractivity contribution in [3.63, 3.8) is 0 Å². The second-order valence-electron chi connectivity index (χ2n) is 10.9. The molecule has 0 amide bonds. The molecule has 7 rings (SSSR count). The van der Waals surface area contributed by atoms with E-state index < -0.39 is 11.8 Å². The molecular weight excluding hydrogens is 562 g/mol. The van der Waals surface area contributed by atoms with E-state index in [0.717, 1.165) is 11.3 Å². The predicted molar refractivity (Wildman–Crippen MR) is 163 cm³/mol. The highest BCUT2D eigenvalue weighted by Crippen LogP contribution is 2.35. The van der Waals surface area contributed by atoms with Crippen LogP contribution in [0.3, 0.4) is 0 Å². The van der Waals surface area contributed by atoms with Crippen LogP contribution in [0, 0.1) is 0 Å². The Kier molecular flexibility index (Phi) is 6.75. The maximum Gasteiger partial charge on any atom is 0.337 e. The van der Waals surface area contributed by atoms with Gasteiger partial charge >= 0.3 is 5.97 Å².